The van der Waals surface area contributed by atoms with Gasteiger partial charge in [0, 0.05) is 25.9 Å². The summed E-state index contributed by atoms with van der Waals surface area (Å²) in [6.07, 6.45) is 2.94. The van der Waals surface area contributed by atoms with Gasteiger partial charge in [0.15, 0.2) is 0 Å². The van der Waals surface area contributed by atoms with E-state index in [4.69, 9.17) is 15.6 Å². The summed E-state index contributed by atoms with van der Waals surface area (Å²) in [5, 5.41) is 10.5. The van der Waals surface area contributed by atoms with Crippen molar-refractivity contribution in [3.8, 4) is 0 Å². The topological polar surface area (TPSA) is 145 Å². The molecular weight excluding hydrogens is 356 g/mol. The van der Waals surface area contributed by atoms with Crippen molar-refractivity contribution in [2.75, 3.05) is 26.3 Å². The van der Waals surface area contributed by atoms with Crippen molar-refractivity contribution in [1.29, 1.82) is 0 Å². The van der Waals surface area contributed by atoms with E-state index in [-0.39, 0.29) is 24.3 Å². The van der Waals surface area contributed by atoms with E-state index in [1.54, 1.807) is 13.8 Å². The third-order valence-corrected chi connectivity index (χ3v) is 2.55. The molecule has 0 heterocycles. The number of esters is 2. The van der Waals surface area contributed by atoms with E-state index in [0.29, 0.717) is 45.6 Å². The van der Waals surface area contributed by atoms with Gasteiger partial charge in [-0.2, -0.15) is 0 Å². The fraction of sp³-hybridized carbons (Fsp3) is 0.778. The molecule has 0 rings (SSSR count). The Kier molecular flexibility index (Phi) is 26.1. The second-order valence-electron chi connectivity index (χ2n) is 5.14. The minimum absolute atomic E-state index is 0.00759. The van der Waals surface area contributed by atoms with Crippen molar-refractivity contribution in [2.45, 2.75) is 66.2 Å². The number of amides is 1. The number of rotatable bonds is 11. The number of hydrogen-bond acceptors (Lipinski definition) is 7. The number of carboxylic acid groups (broad SMARTS) is 1. The fourth-order valence-electron chi connectivity index (χ4n) is 1.42. The zero-order chi connectivity index (χ0) is 21.5. The van der Waals surface area contributed by atoms with Crippen LogP contribution in [0, 0.1) is 0 Å². The summed E-state index contributed by atoms with van der Waals surface area (Å²) >= 11 is 0. The first-order chi connectivity index (χ1) is 12.8. The van der Waals surface area contributed by atoms with E-state index in [1.807, 2.05) is 13.8 Å². The Morgan fingerprint density at radius 1 is 0.815 bits per heavy atom. The third-order valence-electron chi connectivity index (χ3n) is 2.55. The highest BCUT2D eigenvalue weighted by molar-refractivity contribution is 5.76. The van der Waals surface area contributed by atoms with Crippen LogP contribution in [0.15, 0.2) is 0 Å². The van der Waals surface area contributed by atoms with Gasteiger partial charge in [0.05, 0.1) is 26.1 Å². The van der Waals surface area contributed by atoms with Gasteiger partial charge < -0.3 is 25.6 Å². The van der Waals surface area contributed by atoms with Crippen LogP contribution in [-0.4, -0.2) is 55.2 Å². The number of nitrogens with one attached hydrogen (secondary N) is 1. The first kappa shape index (κ1) is 29.6. The number of ether oxygens (including phenoxy) is 2. The molecule has 9 heteroatoms. The average Bonchev–Trinajstić information content (AvgIpc) is 2.57. The molecule has 0 atom stereocenters. The average molecular weight is 392 g/mol. The molecule has 0 unspecified atom stereocenters. The second-order valence-corrected chi connectivity index (χ2v) is 5.14. The van der Waals surface area contributed by atoms with E-state index in [0.717, 1.165) is 12.8 Å². The van der Waals surface area contributed by atoms with Gasteiger partial charge in [0.1, 0.15) is 0 Å². The molecule has 0 spiro atoms. The van der Waals surface area contributed by atoms with Gasteiger partial charge in [-0.15, -0.1) is 0 Å². The van der Waals surface area contributed by atoms with Crippen LogP contribution in [0.3, 0.4) is 0 Å². The van der Waals surface area contributed by atoms with Crippen LogP contribution in [0.5, 0.6) is 0 Å². The van der Waals surface area contributed by atoms with E-state index < -0.39 is 5.97 Å². The maximum absolute atomic E-state index is 10.9. The summed E-state index contributed by atoms with van der Waals surface area (Å²) < 4.78 is 9.26. The summed E-state index contributed by atoms with van der Waals surface area (Å²) in [6, 6.07) is 0. The molecule has 0 saturated heterocycles. The first-order valence-corrected chi connectivity index (χ1v) is 9.28. The molecule has 0 aromatic rings. The number of carbonyl (C=O) groups is 4. The van der Waals surface area contributed by atoms with E-state index in [2.05, 4.69) is 10.1 Å². The molecule has 0 saturated carbocycles. The van der Waals surface area contributed by atoms with Gasteiger partial charge in [-0.3, -0.25) is 19.2 Å². The van der Waals surface area contributed by atoms with Crippen LogP contribution in [0.1, 0.15) is 66.2 Å². The highest BCUT2D eigenvalue weighted by Gasteiger charge is 2.02. The SMILES string of the molecule is CCCC(=O)NCCC(=O)OCC.CCCC(=O)O.CCOC(=O)CCN. The number of aliphatic carboxylic acids is 1. The highest BCUT2D eigenvalue weighted by atomic mass is 16.5. The standard InChI is InChI=1S/C9H17NO3.C5H11NO2.C4H8O2/c1-3-5-8(11)10-7-6-9(12)13-4-2;1-2-8-5(7)3-4-6;1-2-3-4(5)6/h3-7H2,1-2H3,(H,10,11);2-4,6H2,1H3;2-3H2,1H3,(H,5,6). The Labute approximate surface area is 162 Å². The zero-order valence-corrected chi connectivity index (χ0v) is 17.0. The smallest absolute Gasteiger partial charge is 0.307 e. The van der Waals surface area contributed by atoms with Crippen LogP contribution < -0.4 is 11.1 Å². The Hall–Kier alpha value is -2.16. The molecule has 0 aliphatic heterocycles. The monoisotopic (exact) mass is 392 g/mol. The number of carboxylic acids is 1. The van der Waals surface area contributed by atoms with Crippen molar-refractivity contribution in [1.82, 2.24) is 5.32 Å². The molecule has 0 fully saturated rings. The lowest BCUT2D eigenvalue weighted by molar-refractivity contribution is -0.143. The Morgan fingerprint density at radius 2 is 1.30 bits per heavy atom. The van der Waals surface area contributed by atoms with Crippen molar-refractivity contribution >= 4 is 23.8 Å². The first-order valence-electron chi connectivity index (χ1n) is 9.28. The Morgan fingerprint density at radius 3 is 1.63 bits per heavy atom. The molecular formula is C18H36N2O7. The van der Waals surface area contributed by atoms with Crippen LogP contribution in [0.2, 0.25) is 0 Å². The number of hydrogen-bond donors (Lipinski definition) is 3. The second kappa shape index (κ2) is 23.8. The van der Waals surface area contributed by atoms with Gasteiger partial charge >= 0.3 is 17.9 Å². The predicted molar refractivity (Wildman–Crippen MR) is 102 cm³/mol. The van der Waals surface area contributed by atoms with Crippen LogP contribution in [-0.2, 0) is 28.7 Å². The molecule has 160 valence electrons. The van der Waals surface area contributed by atoms with Gasteiger partial charge in [-0.05, 0) is 26.7 Å². The molecule has 9 nitrogen and oxygen atoms in total. The summed E-state index contributed by atoms with van der Waals surface area (Å²) in [7, 11) is 0. The lowest BCUT2D eigenvalue weighted by atomic mass is 10.3. The van der Waals surface area contributed by atoms with Crippen molar-refractivity contribution < 1.29 is 33.8 Å². The molecule has 0 aliphatic carbocycles. The Balaban J connectivity index is -0.000000351. The van der Waals surface area contributed by atoms with Crippen LogP contribution in [0.4, 0.5) is 0 Å². The lowest BCUT2D eigenvalue weighted by Crippen LogP contribution is -2.26. The molecule has 0 radical (unpaired) electrons. The molecule has 4 N–H and O–H groups in total. The fourth-order valence-corrected chi connectivity index (χ4v) is 1.42. The Bertz CT molecular complexity index is 375. The molecule has 1 amide bonds. The largest absolute Gasteiger partial charge is 0.481 e. The summed E-state index contributed by atoms with van der Waals surface area (Å²) in [6.45, 7) is 8.89. The van der Waals surface area contributed by atoms with E-state index in [9.17, 15) is 19.2 Å². The summed E-state index contributed by atoms with van der Waals surface area (Å²) in [4.78, 5) is 41.7. The predicted octanol–water partition coefficient (Wildman–Crippen LogP) is 1.63. The quantitative estimate of drug-likeness (QED) is 0.450. The van der Waals surface area contributed by atoms with Crippen molar-refractivity contribution in [2.24, 2.45) is 5.73 Å². The molecule has 0 aliphatic rings. The van der Waals surface area contributed by atoms with Crippen LogP contribution in [0.25, 0.3) is 0 Å². The highest BCUT2D eigenvalue weighted by Crippen LogP contribution is 1.88. The minimum Gasteiger partial charge on any atom is -0.481 e. The third kappa shape index (κ3) is 32.0. The maximum atomic E-state index is 10.9. The summed E-state index contributed by atoms with van der Waals surface area (Å²) in [5.74, 6) is -1.20. The van der Waals surface area contributed by atoms with Crippen LogP contribution >= 0.6 is 0 Å². The lowest BCUT2D eigenvalue weighted by Gasteiger charge is -2.03. The van der Waals surface area contributed by atoms with Gasteiger partial charge in [0.2, 0.25) is 5.91 Å². The molecule has 0 aromatic carbocycles. The maximum Gasteiger partial charge on any atom is 0.307 e. The minimum atomic E-state index is -0.711. The van der Waals surface area contributed by atoms with E-state index in [1.165, 1.54) is 0 Å². The number of carbonyl (C=O) groups excluding carboxylic acids is 3. The van der Waals surface area contributed by atoms with Crippen molar-refractivity contribution in [3.05, 3.63) is 0 Å². The zero-order valence-electron chi connectivity index (χ0n) is 17.0. The van der Waals surface area contributed by atoms with Gasteiger partial charge in [-0.1, -0.05) is 13.8 Å². The molecule has 0 bridgehead atoms. The van der Waals surface area contributed by atoms with Crippen molar-refractivity contribution in [3.63, 3.8) is 0 Å². The molecule has 27 heavy (non-hydrogen) atoms. The normalized spacial score (nSPS) is 8.93. The summed E-state index contributed by atoms with van der Waals surface area (Å²) in [5.41, 5.74) is 5.06. The van der Waals surface area contributed by atoms with Gasteiger partial charge in [0.25, 0.3) is 0 Å². The molecule has 0 aromatic heterocycles. The van der Waals surface area contributed by atoms with E-state index >= 15 is 0 Å². The number of nitrogens with two attached hydrogens (primary N) is 1. The van der Waals surface area contributed by atoms with Gasteiger partial charge in [-0.25, -0.2) is 0 Å².